The van der Waals surface area contributed by atoms with Crippen molar-refractivity contribution in [2.75, 3.05) is 20.3 Å². The quantitative estimate of drug-likeness (QED) is 0.604. The van der Waals surface area contributed by atoms with Crippen LogP contribution in [-0.4, -0.2) is 36.1 Å². The maximum absolute atomic E-state index is 12.0. The Labute approximate surface area is 124 Å². The molecule has 0 unspecified atom stereocenters. The summed E-state index contributed by atoms with van der Waals surface area (Å²) in [5.41, 5.74) is 1.38. The Balaban J connectivity index is 2.18. The molecule has 0 atom stereocenters. The van der Waals surface area contributed by atoms with Gasteiger partial charge in [0.15, 0.2) is 0 Å². The molecule has 0 spiro atoms. The number of methoxy groups -OCH3 is 1. The predicted molar refractivity (Wildman–Crippen MR) is 72.7 cm³/mol. The fourth-order valence-electron chi connectivity index (χ4n) is 2.03. The van der Waals surface area contributed by atoms with Gasteiger partial charge in [0.1, 0.15) is 23.7 Å². The van der Waals surface area contributed by atoms with E-state index in [9.17, 15) is 13.2 Å². The highest BCUT2D eigenvalue weighted by Gasteiger charge is 2.27. The number of hydrogen-bond donors (Lipinski definition) is 0. The van der Waals surface area contributed by atoms with E-state index in [1.54, 1.807) is 16.7 Å². The first kappa shape index (κ1) is 15.9. The summed E-state index contributed by atoms with van der Waals surface area (Å²) in [6, 6.07) is 5.36. The van der Waals surface area contributed by atoms with Crippen LogP contribution < -0.4 is 4.74 Å². The van der Waals surface area contributed by atoms with E-state index in [0.717, 1.165) is 5.52 Å². The fraction of sp³-hybridized carbons (Fsp3) is 0.462. The number of nitrogens with zero attached hydrogens (tertiary/aromatic N) is 2. The van der Waals surface area contributed by atoms with Crippen molar-refractivity contribution in [2.24, 2.45) is 0 Å². The molecule has 0 saturated carbocycles. The molecule has 4 nitrogen and oxygen atoms in total. The number of ether oxygens (including phenoxy) is 2. The molecule has 2 rings (SSSR count). The fourth-order valence-corrected chi connectivity index (χ4v) is 2.23. The summed E-state index contributed by atoms with van der Waals surface area (Å²) in [6.07, 6.45) is -4.32. The molecule has 0 bridgehead atoms. The van der Waals surface area contributed by atoms with Crippen molar-refractivity contribution in [2.45, 2.75) is 18.6 Å². The summed E-state index contributed by atoms with van der Waals surface area (Å²) >= 11 is 5.84. The van der Waals surface area contributed by atoms with E-state index >= 15 is 0 Å². The first-order valence-corrected chi connectivity index (χ1v) is 6.72. The third kappa shape index (κ3) is 3.79. The molecule has 8 heteroatoms. The molecule has 2 aromatic rings. The second-order valence-electron chi connectivity index (χ2n) is 4.31. The third-order valence-electron chi connectivity index (χ3n) is 2.89. The summed E-state index contributed by atoms with van der Waals surface area (Å²) in [5, 5.41) is 0. The minimum Gasteiger partial charge on any atom is -0.494 e. The molecule has 0 radical (unpaired) electrons. The van der Waals surface area contributed by atoms with Crippen LogP contribution >= 0.6 is 11.6 Å². The molecule has 0 aliphatic carbocycles. The molecule has 0 aliphatic heterocycles. The predicted octanol–water partition coefficient (Wildman–Crippen LogP) is 3.36. The van der Waals surface area contributed by atoms with E-state index in [0.29, 0.717) is 17.1 Å². The Morgan fingerprint density at radius 3 is 2.71 bits per heavy atom. The van der Waals surface area contributed by atoms with Gasteiger partial charge in [0, 0.05) is 6.54 Å². The maximum Gasteiger partial charge on any atom is 0.411 e. The zero-order valence-electron chi connectivity index (χ0n) is 11.3. The summed E-state index contributed by atoms with van der Waals surface area (Å²) in [5.74, 6) is 1.30. The van der Waals surface area contributed by atoms with Gasteiger partial charge in [-0.2, -0.15) is 13.2 Å². The lowest BCUT2D eigenvalue weighted by molar-refractivity contribution is -0.174. The van der Waals surface area contributed by atoms with Gasteiger partial charge in [0.25, 0.3) is 0 Å². The van der Waals surface area contributed by atoms with Gasteiger partial charge in [0.2, 0.25) is 0 Å². The van der Waals surface area contributed by atoms with Gasteiger partial charge in [-0.05, 0) is 12.1 Å². The van der Waals surface area contributed by atoms with Crippen molar-refractivity contribution in [3.63, 3.8) is 0 Å². The normalized spacial score (nSPS) is 12.0. The Morgan fingerprint density at radius 2 is 2.10 bits per heavy atom. The van der Waals surface area contributed by atoms with Crippen molar-refractivity contribution in [1.82, 2.24) is 9.55 Å². The van der Waals surface area contributed by atoms with Crippen LogP contribution in [0, 0.1) is 0 Å². The summed E-state index contributed by atoms with van der Waals surface area (Å²) in [6.45, 7) is -1.10. The van der Waals surface area contributed by atoms with Gasteiger partial charge >= 0.3 is 6.18 Å². The zero-order valence-corrected chi connectivity index (χ0v) is 12.0. The molecule has 116 valence electrons. The largest absolute Gasteiger partial charge is 0.494 e. The Morgan fingerprint density at radius 1 is 1.33 bits per heavy atom. The summed E-state index contributed by atoms with van der Waals surface area (Å²) < 4.78 is 47.7. The molecular formula is C13H14ClF3N2O2. The molecule has 1 aromatic carbocycles. The Hall–Kier alpha value is -1.47. The van der Waals surface area contributed by atoms with Gasteiger partial charge in [-0.3, -0.25) is 0 Å². The molecule has 0 fully saturated rings. The Bertz CT molecular complexity index is 613. The number of alkyl halides is 4. The van der Waals surface area contributed by atoms with E-state index in [2.05, 4.69) is 9.72 Å². The molecule has 21 heavy (non-hydrogen) atoms. The SMILES string of the molecule is COc1cccc2c1nc(CCl)n2CCOCC(F)(F)F. The molecule has 0 N–H and O–H groups in total. The highest BCUT2D eigenvalue weighted by Crippen LogP contribution is 2.26. The van der Waals surface area contributed by atoms with Crippen molar-refractivity contribution < 1.29 is 22.6 Å². The number of fused-ring (bicyclic) bond motifs is 1. The van der Waals surface area contributed by atoms with Gasteiger partial charge in [-0.1, -0.05) is 6.07 Å². The van der Waals surface area contributed by atoms with E-state index in [1.165, 1.54) is 7.11 Å². The maximum atomic E-state index is 12.0. The lowest BCUT2D eigenvalue weighted by Gasteiger charge is -2.10. The van der Waals surface area contributed by atoms with Crippen LogP contribution in [0.1, 0.15) is 5.82 Å². The molecule has 1 heterocycles. The second kappa shape index (κ2) is 6.53. The molecule has 0 saturated heterocycles. The van der Waals surface area contributed by atoms with Crippen LogP contribution in [-0.2, 0) is 17.2 Å². The average Bonchev–Trinajstić information content (AvgIpc) is 2.80. The van der Waals surface area contributed by atoms with Crippen LogP contribution in [0.4, 0.5) is 13.2 Å². The van der Waals surface area contributed by atoms with Crippen LogP contribution in [0.2, 0.25) is 0 Å². The van der Waals surface area contributed by atoms with Gasteiger partial charge < -0.3 is 14.0 Å². The standard InChI is InChI=1S/C13H14ClF3N2O2/c1-20-10-4-2-3-9-12(10)18-11(7-14)19(9)5-6-21-8-13(15,16)17/h2-4H,5-8H2,1H3. The van der Waals surface area contributed by atoms with Crippen LogP contribution in [0.15, 0.2) is 18.2 Å². The molecule has 1 aromatic heterocycles. The number of para-hydroxylation sites is 1. The van der Waals surface area contributed by atoms with Crippen molar-refractivity contribution in [3.05, 3.63) is 24.0 Å². The number of hydrogen-bond acceptors (Lipinski definition) is 3. The van der Waals surface area contributed by atoms with Crippen LogP contribution in [0.25, 0.3) is 11.0 Å². The molecular weight excluding hydrogens is 309 g/mol. The van der Waals surface area contributed by atoms with E-state index in [4.69, 9.17) is 16.3 Å². The molecule has 0 amide bonds. The first-order chi connectivity index (χ1) is 9.96. The minimum absolute atomic E-state index is 0.0773. The van der Waals surface area contributed by atoms with E-state index < -0.39 is 12.8 Å². The average molecular weight is 323 g/mol. The van der Waals surface area contributed by atoms with Crippen LogP contribution in [0.5, 0.6) is 5.75 Å². The van der Waals surface area contributed by atoms with Gasteiger partial charge in [-0.15, -0.1) is 11.6 Å². The smallest absolute Gasteiger partial charge is 0.411 e. The van der Waals surface area contributed by atoms with Crippen molar-refractivity contribution >= 4 is 22.6 Å². The lowest BCUT2D eigenvalue weighted by atomic mass is 10.3. The van der Waals surface area contributed by atoms with Gasteiger partial charge in [-0.25, -0.2) is 4.98 Å². The van der Waals surface area contributed by atoms with Crippen molar-refractivity contribution in [1.29, 1.82) is 0 Å². The van der Waals surface area contributed by atoms with E-state index in [1.807, 2.05) is 6.07 Å². The van der Waals surface area contributed by atoms with E-state index in [-0.39, 0.29) is 19.0 Å². The highest BCUT2D eigenvalue weighted by molar-refractivity contribution is 6.16. The van der Waals surface area contributed by atoms with Crippen LogP contribution in [0.3, 0.4) is 0 Å². The monoisotopic (exact) mass is 322 g/mol. The summed E-state index contributed by atoms with van der Waals surface area (Å²) in [7, 11) is 1.53. The third-order valence-corrected chi connectivity index (χ3v) is 3.12. The number of imidazole rings is 1. The van der Waals surface area contributed by atoms with Gasteiger partial charge in [0.05, 0.1) is 25.1 Å². The Kier molecular flexibility index (Phi) is 4.95. The topological polar surface area (TPSA) is 36.3 Å². The number of halogens is 4. The zero-order chi connectivity index (χ0) is 15.5. The first-order valence-electron chi connectivity index (χ1n) is 6.19. The summed E-state index contributed by atoms with van der Waals surface area (Å²) in [4.78, 5) is 4.36. The lowest BCUT2D eigenvalue weighted by Crippen LogP contribution is -2.19. The minimum atomic E-state index is -4.32. The number of aromatic nitrogens is 2. The molecule has 0 aliphatic rings. The second-order valence-corrected chi connectivity index (χ2v) is 4.58. The highest BCUT2D eigenvalue weighted by atomic mass is 35.5. The number of rotatable bonds is 6. The number of benzene rings is 1. The van der Waals surface area contributed by atoms with Crippen molar-refractivity contribution in [3.8, 4) is 5.75 Å².